The number of aromatic nitrogens is 2. The van der Waals surface area contributed by atoms with E-state index in [-0.39, 0.29) is 0 Å². The molecule has 0 saturated heterocycles. The summed E-state index contributed by atoms with van der Waals surface area (Å²) in [5.41, 5.74) is 9.11. The lowest BCUT2D eigenvalue weighted by molar-refractivity contribution is 1.30. The third-order valence-corrected chi connectivity index (χ3v) is 8.43. The first-order valence-electron chi connectivity index (χ1n) is 18.7. The van der Waals surface area contributed by atoms with Gasteiger partial charge >= 0.3 is 0 Å². The Bertz CT molecular complexity index is 2370. The van der Waals surface area contributed by atoms with E-state index in [1.54, 1.807) is 18.5 Å². The van der Waals surface area contributed by atoms with Gasteiger partial charge in [0.2, 0.25) is 0 Å². The average Bonchev–Trinajstić information content (AvgIpc) is 3.25. The van der Waals surface area contributed by atoms with Gasteiger partial charge in [-0.3, -0.25) is 15.0 Å². The fourth-order valence-electron chi connectivity index (χ4n) is 6.30. The van der Waals surface area contributed by atoms with Gasteiger partial charge in [-0.25, -0.2) is 0 Å². The van der Waals surface area contributed by atoms with Crippen molar-refractivity contribution in [3.05, 3.63) is 183 Å². The van der Waals surface area contributed by atoms with Crippen LogP contribution in [0.4, 0.5) is 0 Å². The number of nitrogens with zero attached hydrogens (tertiary/aromatic N) is 3. The van der Waals surface area contributed by atoms with Crippen molar-refractivity contribution in [2.45, 2.75) is 41.5 Å². The number of hydrogen-bond donors (Lipinski definition) is 0. The smallest absolute Gasteiger partial charge is 0.0702 e. The van der Waals surface area contributed by atoms with Gasteiger partial charge in [0.05, 0.1) is 5.69 Å². The van der Waals surface area contributed by atoms with Crippen molar-refractivity contribution in [3.63, 3.8) is 0 Å². The highest BCUT2D eigenvalue weighted by atomic mass is 14.7. The molecule has 0 spiro atoms. The zero-order chi connectivity index (χ0) is 38.7. The molecule has 0 N–H and O–H groups in total. The fourth-order valence-corrected chi connectivity index (χ4v) is 6.30. The number of allylic oxidation sites excluding steroid dienone is 2. The first kappa shape index (κ1) is 40.3. The van der Waals surface area contributed by atoms with Crippen molar-refractivity contribution in [1.29, 1.82) is 0 Å². The van der Waals surface area contributed by atoms with Crippen molar-refractivity contribution in [1.82, 2.24) is 9.97 Å². The van der Waals surface area contributed by atoms with E-state index in [9.17, 15) is 0 Å². The molecule has 6 aromatic carbocycles. The number of pyridine rings is 2. The molecule has 3 nitrogen and oxygen atoms in total. The first-order chi connectivity index (χ1) is 26.7. The molecule has 0 bridgehead atoms. The summed E-state index contributed by atoms with van der Waals surface area (Å²) in [6.07, 6.45) is 10.8. The van der Waals surface area contributed by atoms with Crippen molar-refractivity contribution in [2.75, 3.05) is 0 Å². The highest BCUT2D eigenvalue weighted by molar-refractivity contribution is 6.21. The molecule has 2 aromatic heterocycles. The largest absolute Gasteiger partial charge is 0.273 e. The van der Waals surface area contributed by atoms with Crippen molar-refractivity contribution in [2.24, 2.45) is 4.99 Å². The molecule has 3 heteroatoms. The van der Waals surface area contributed by atoms with E-state index in [1.165, 1.54) is 54.6 Å². The van der Waals surface area contributed by atoms with Gasteiger partial charge in [0.15, 0.2) is 0 Å². The second-order valence-electron chi connectivity index (χ2n) is 11.7. The minimum atomic E-state index is 0.950. The summed E-state index contributed by atoms with van der Waals surface area (Å²) < 4.78 is 0. The van der Waals surface area contributed by atoms with Crippen LogP contribution < -0.4 is 0 Å². The Kier molecular flexibility index (Phi) is 15.8. The van der Waals surface area contributed by atoms with Crippen LogP contribution in [0.25, 0.3) is 77.0 Å². The van der Waals surface area contributed by atoms with E-state index in [1.807, 2.05) is 66.1 Å². The van der Waals surface area contributed by atoms with Crippen LogP contribution in [-0.4, -0.2) is 16.7 Å². The molecular weight excluding hydrogens is 655 g/mol. The first-order valence-corrected chi connectivity index (χ1v) is 18.7. The zero-order valence-corrected chi connectivity index (χ0v) is 32.5. The van der Waals surface area contributed by atoms with E-state index in [4.69, 9.17) is 4.98 Å². The molecule has 0 aliphatic rings. The van der Waals surface area contributed by atoms with Crippen LogP contribution in [0, 0.1) is 0 Å². The Labute approximate surface area is 322 Å². The maximum atomic E-state index is 4.84. The summed E-state index contributed by atoms with van der Waals surface area (Å²) in [4.78, 5) is 12.5. The van der Waals surface area contributed by atoms with E-state index < -0.39 is 0 Å². The van der Waals surface area contributed by atoms with Crippen molar-refractivity contribution >= 4 is 39.0 Å². The van der Waals surface area contributed by atoms with Gasteiger partial charge in [-0.15, -0.1) is 6.58 Å². The van der Waals surface area contributed by atoms with E-state index in [0.717, 1.165) is 22.4 Å². The topological polar surface area (TPSA) is 38.1 Å². The molecule has 0 radical (unpaired) electrons. The van der Waals surface area contributed by atoms with Crippen molar-refractivity contribution < 1.29 is 0 Å². The standard InChI is InChI=1S/C40H26N2.C4H7N.C3H6.2C2H6/c1-2-10-28-23-31(19-18-27(28)9-1)40-36-16-5-3-14-34(36)39(35-15-4-6-17-37(35)40)30-12-7-11-29(24-30)38-21-20-33(26-42-38)32-13-8-22-41-25-32;1-3-4-5-2;1-3-2;2*1-2/h1-26H;3-4H,2H2,1H3;3H,1H2,2H3;2*1-2H3/b;4-3-;;;. The second kappa shape index (κ2) is 21.2. The third kappa shape index (κ3) is 9.50. The van der Waals surface area contributed by atoms with Crippen LogP contribution in [-0.2, 0) is 0 Å². The van der Waals surface area contributed by atoms with Crippen molar-refractivity contribution in [3.8, 4) is 44.6 Å². The lowest BCUT2D eigenvalue weighted by atomic mass is 9.85. The SMILES string of the molecule is C=CC.C=N/C=C\C.CC.CC.c1cncc(-c2ccc(-c3cccc(-c4c5ccccc5c(-c5ccc6ccccc6c5)c5ccccc45)c3)nc2)c1. The summed E-state index contributed by atoms with van der Waals surface area (Å²) in [5, 5.41) is 7.51. The van der Waals surface area contributed by atoms with Gasteiger partial charge in [-0.05, 0) is 99.4 Å². The van der Waals surface area contributed by atoms with Gasteiger partial charge in [0.1, 0.15) is 0 Å². The summed E-state index contributed by atoms with van der Waals surface area (Å²) in [5.74, 6) is 0. The average molecular weight is 706 g/mol. The van der Waals surface area contributed by atoms with Gasteiger partial charge < -0.3 is 0 Å². The van der Waals surface area contributed by atoms with Crippen LogP contribution in [0.5, 0.6) is 0 Å². The molecule has 270 valence electrons. The van der Waals surface area contributed by atoms with Crippen LogP contribution in [0.2, 0.25) is 0 Å². The predicted octanol–water partition coefficient (Wildman–Crippen LogP) is 15.1. The van der Waals surface area contributed by atoms with Gasteiger partial charge in [0.25, 0.3) is 0 Å². The fraction of sp³-hybridized carbons (Fsp3) is 0.118. The number of rotatable bonds is 5. The van der Waals surface area contributed by atoms with Crippen LogP contribution >= 0.6 is 0 Å². The summed E-state index contributed by atoms with van der Waals surface area (Å²) >= 11 is 0. The minimum absolute atomic E-state index is 0.950. The highest BCUT2D eigenvalue weighted by Crippen LogP contribution is 2.44. The Morgan fingerprint density at radius 3 is 1.50 bits per heavy atom. The highest BCUT2D eigenvalue weighted by Gasteiger charge is 2.17. The van der Waals surface area contributed by atoms with Crippen LogP contribution in [0.1, 0.15) is 41.5 Å². The Morgan fingerprint density at radius 1 is 0.500 bits per heavy atom. The Hall–Kier alpha value is -6.45. The van der Waals surface area contributed by atoms with E-state index in [0.29, 0.717) is 0 Å². The number of benzene rings is 6. The lowest BCUT2D eigenvalue weighted by Gasteiger charge is -2.18. The Balaban J connectivity index is 0.000000484. The molecule has 0 unspecified atom stereocenters. The number of fused-ring (bicyclic) bond motifs is 3. The van der Waals surface area contributed by atoms with Gasteiger partial charge in [-0.1, -0.05) is 155 Å². The Morgan fingerprint density at radius 2 is 1.00 bits per heavy atom. The molecule has 2 heterocycles. The number of hydrogen-bond acceptors (Lipinski definition) is 3. The number of aliphatic imine (C=N–C) groups is 1. The normalized spacial score (nSPS) is 10.1. The quantitative estimate of drug-likeness (QED) is 0.102. The molecule has 54 heavy (non-hydrogen) atoms. The molecule has 0 fully saturated rings. The second-order valence-corrected chi connectivity index (χ2v) is 11.7. The maximum Gasteiger partial charge on any atom is 0.0702 e. The van der Waals surface area contributed by atoms with E-state index >= 15 is 0 Å². The van der Waals surface area contributed by atoms with Gasteiger partial charge in [0, 0.05) is 41.5 Å². The third-order valence-electron chi connectivity index (χ3n) is 8.43. The van der Waals surface area contributed by atoms with E-state index in [2.05, 4.69) is 157 Å². The zero-order valence-electron chi connectivity index (χ0n) is 32.5. The molecule has 8 rings (SSSR count). The molecule has 0 amide bonds. The van der Waals surface area contributed by atoms with Crippen LogP contribution in [0.3, 0.4) is 0 Å². The summed E-state index contributed by atoms with van der Waals surface area (Å²) in [6.45, 7) is 18.4. The predicted molar refractivity (Wildman–Crippen MR) is 239 cm³/mol. The monoisotopic (exact) mass is 705 g/mol. The van der Waals surface area contributed by atoms with Crippen LogP contribution in [0.15, 0.2) is 188 Å². The minimum Gasteiger partial charge on any atom is -0.273 e. The van der Waals surface area contributed by atoms with Gasteiger partial charge in [-0.2, -0.15) is 0 Å². The molecule has 8 aromatic rings. The molecule has 0 aliphatic heterocycles. The molecule has 0 aliphatic carbocycles. The summed E-state index contributed by atoms with van der Waals surface area (Å²) in [7, 11) is 0. The maximum absolute atomic E-state index is 4.84. The molecule has 0 atom stereocenters. The lowest BCUT2D eigenvalue weighted by Crippen LogP contribution is -1.92. The molecular formula is C51H51N3. The summed E-state index contributed by atoms with van der Waals surface area (Å²) in [6, 6.07) is 50.0. The molecule has 0 saturated carbocycles.